The van der Waals surface area contributed by atoms with Crippen LogP contribution in [0.4, 0.5) is 0 Å². The molecule has 0 aliphatic heterocycles. The molecule has 33 heavy (non-hydrogen) atoms. The minimum atomic E-state index is -3.53. The zero-order valence-electron chi connectivity index (χ0n) is 19.4. The maximum Gasteiger partial charge on any atom is 0.339 e. The monoisotopic (exact) mass is 471 g/mol. The average molecular weight is 472 g/mol. The number of benzene rings is 2. The first kappa shape index (κ1) is 24.7. The molecular formula is C25H29NO6S. The standard InChI is InChI=1S/C25H29NO6S/c1-16-9-11-20(12-10-16)33(29,30)26-15-7-5-6-8-23(27)31-22-14-13-21-17(2)18(3)25(28)32-24(21)19(22)4/h9-14,26H,5-8,15H2,1-4H3. The molecule has 0 aliphatic rings. The van der Waals surface area contributed by atoms with Gasteiger partial charge in [-0.05, 0) is 70.4 Å². The summed E-state index contributed by atoms with van der Waals surface area (Å²) in [6.07, 6.45) is 2.07. The van der Waals surface area contributed by atoms with E-state index in [1.54, 1.807) is 50.2 Å². The molecule has 0 amide bonds. The van der Waals surface area contributed by atoms with E-state index in [1.165, 1.54) is 0 Å². The van der Waals surface area contributed by atoms with E-state index in [9.17, 15) is 18.0 Å². The van der Waals surface area contributed by atoms with Gasteiger partial charge in [-0.1, -0.05) is 24.1 Å². The summed E-state index contributed by atoms with van der Waals surface area (Å²) in [5, 5.41) is 0.817. The van der Waals surface area contributed by atoms with Crippen LogP contribution in [0.3, 0.4) is 0 Å². The Bertz CT molecular complexity index is 1320. The Hall–Kier alpha value is -2.97. The number of nitrogens with one attached hydrogen (secondary N) is 1. The van der Waals surface area contributed by atoms with E-state index in [0.717, 1.165) is 16.5 Å². The van der Waals surface area contributed by atoms with E-state index in [2.05, 4.69) is 4.72 Å². The lowest BCUT2D eigenvalue weighted by Crippen LogP contribution is -2.24. The molecule has 1 heterocycles. The van der Waals surface area contributed by atoms with Crippen LogP contribution in [0.1, 0.15) is 47.9 Å². The molecule has 3 rings (SSSR count). The van der Waals surface area contributed by atoms with E-state index in [1.807, 2.05) is 13.8 Å². The summed E-state index contributed by atoms with van der Waals surface area (Å²) in [7, 11) is -3.53. The number of hydrogen-bond donors (Lipinski definition) is 1. The van der Waals surface area contributed by atoms with Crippen LogP contribution in [0.2, 0.25) is 0 Å². The van der Waals surface area contributed by atoms with Crippen molar-refractivity contribution in [2.75, 3.05) is 6.54 Å². The molecule has 7 nitrogen and oxygen atoms in total. The Labute approximate surface area is 193 Å². The Balaban J connectivity index is 1.48. The molecule has 0 saturated carbocycles. The van der Waals surface area contributed by atoms with Crippen LogP contribution < -0.4 is 15.1 Å². The van der Waals surface area contributed by atoms with Crippen molar-refractivity contribution in [1.82, 2.24) is 4.72 Å². The van der Waals surface area contributed by atoms with Crippen molar-refractivity contribution < 1.29 is 22.4 Å². The second kappa shape index (κ2) is 10.3. The number of rotatable bonds is 9. The molecule has 1 aromatic heterocycles. The first-order chi connectivity index (χ1) is 15.6. The van der Waals surface area contributed by atoms with Gasteiger partial charge < -0.3 is 9.15 Å². The first-order valence-corrected chi connectivity index (χ1v) is 12.4. The lowest BCUT2D eigenvalue weighted by Gasteiger charge is -2.11. The molecule has 1 N–H and O–H groups in total. The molecule has 0 bridgehead atoms. The van der Waals surface area contributed by atoms with E-state index in [0.29, 0.717) is 48.3 Å². The van der Waals surface area contributed by atoms with Crippen LogP contribution >= 0.6 is 0 Å². The fraction of sp³-hybridized carbons (Fsp3) is 0.360. The average Bonchev–Trinajstić information content (AvgIpc) is 2.77. The zero-order chi connectivity index (χ0) is 24.2. The minimum Gasteiger partial charge on any atom is -0.426 e. The maximum atomic E-state index is 12.3. The number of carbonyl (C=O) groups is 1. The Kier molecular flexibility index (Phi) is 7.71. The van der Waals surface area contributed by atoms with Gasteiger partial charge in [-0.3, -0.25) is 4.79 Å². The summed E-state index contributed by atoms with van der Waals surface area (Å²) >= 11 is 0. The number of fused-ring (bicyclic) bond motifs is 1. The summed E-state index contributed by atoms with van der Waals surface area (Å²) < 4.78 is 38.0. The van der Waals surface area contributed by atoms with E-state index in [4.69, 9.17) is 9.15 Å². The lowest BCUT2D eigenvalue weighted by atomic mass is 10.0. The van der Waals surface area contributed by atoms with Crippen molar-refractivity contribution >= 4 is 27.0 Å². The Morgan fingerprint density at radius 1 is 0.909 bits per heavy atom. The number of esters is 1. The number of carbonyl (C=O) groups excluding carboxylic acids is 1. The Morgan fingerprint density at radius 3 is 2.30 bits per heavy atom. The van der Waals surface area contributed by atoms with Crippen molar-refractivity contribution in [3.05, 3.63) is 69.1 Å². The van der Waals surface area contributed by atoms with Gasteiger partial charge in [-0.15, -0.1) is 0 Å². The summed E-state index contributed by atoms with van der Waals surface area (Å²) in [5.41, 5.74) is 3.04. The molecular weight excluding hydrogens is 442 g/mol. The highest BCUT2D eigenvalue weighted by Crippen LogP contribution is 2.29. The van der Waals surface area contributed by atoms with Gasteiger partial charge in [0.2, 0.25) is 10.0 Å². The van der Waals surface area contributed by atoms with Crippen LogP contribution in [0.5, 0.6) is 5.75 Å². The molecule has 8 heteroatoms. The largest absolute Gasteiger partial charge is 0.426 e. The number of hydrogen-bond acceptors (Lipinski definition) is 6. The van der Waals surface area contributed by atoms with Gasteiger partial charge in [0.15, 0.2) is 0 Å². The van der Waals surface area contributed by atoms with Gasteiger partial charge in [0.1, 0.15) is 11.3 Å². The van der Waals surface area contributed by atoms with Crippen LogP contribution in [-0.2, 0) is 14.8 Å². The smallest absolute Gasteiger partial charge is 0.339 e. The van der Waals surface area contributed by atoms with Gasteiger partial charge in [0.25, 0.3) is 0 Å². The predicted octanol–water partition coefficient (Wildman–Crippen LogP) is 4.47. The second-order valence-corrected chi connectivity index (χ2v) is 9.97. The molecule has 0 fully saturated rings. The Morgan fingerprint density at radius 2 is 1.61 bits per heavy atom. The number of unbranched alkanes of at least 4 members (excludes halogenated alkanes) is 2. The number of aryl methyl sites for hydroxylation is 3. The van der Waals surface area contributed by atoms with Crippen molar-refractivity contribution in [3.8, 4) is 5.75 Å². The van der Waals surface area contributed by atoms with Gasteiger partial charge >= 0.3 is 11.6 Å². The highest BCUT2D eigenvalue weighted by molar-refractivity contribution is 7.89. The number of ether oxygens (including phenoxy) is 1. The zero-order valence-corrected chi connectivity index (χ0v) is 20.2. The lowest BCUT2D eigenvalue weighted by molar-refractivity contribution is -0.134. The van der Waals surface area contributed by atoms with Gasteiger partial charge in [-0.2, -0.15) is 0 Å². The third kappa shape index (κ3) is 5.89. The van der Waals surface area contributed by atoms with Gasteiger partial charge in [0, 0.05) is 29.5 Å². The third-order valence-corrected chi connectivity index (χ3v) is 7.21. The molecule has 176 valence electrons. The van der Waals surface area contributed by atoms with Crippen molar-refractivity contribution in [2.24, 2.45) is 0 Å². The summed E-state index contributed by atoms with van der Waals surface area (Å²) in [4.78, 5) is 24.5. The summed E-state index contributed by atoms with van der Waals surface area (Å²) in [6, 6.07) is 10.2. The van der Waals surface area contributed by atoms with E-state index < -0.39 is 15.6 Å². The summed E-state index contributed by atoms with van der Waals surface area (Å²) in [5.74, 6) is -0.0198. The van der Waals surface area contributed by atoms with Gasteiger partial charge in [-0.25, -0.2) is 17.9 Å². The number of sulfonamides is 1. The summed E-state index contributed by atoms with van der Waals surface area (Å²) in [6.45, 7) is 7.53. The van der Waals surface area contributed by atoms with E-state index >= 15 is 0 Å². The van der Waals surface area contributed by atoms with Crippen LogP contribution in [0.15, 0.2) is 50.5 Å². The van der Waals surface area contributed by atoms with Crippen LogP contribution in [-0.4, -0.2) is 20.9 Å². The predicted molar refractivity (Wildman–Crippen MR) is 127 cm³/mol. The van der Waals surface area contributed by atoms with Crippen LogP contribution in [0.25, 0.3) is 11.0 Å². The fourth-order valence-corrected chi connectivity index (χ4v) is 4.56. The van der Waals surface area contributed by atoms with Gasteiger partial charge in [0.05, 0.1) is 4.90 Å². The molecule has 0 saturated heterocycles. The van der Waals surface area contributed by atoms with Crippen molar-refractivity contribution in [1.29, 1.82) is 0 Å². The highest BCUT2D eigenvalue weighted by Gasteiger charge is 2.15. The maximum absolute atomic E-state index is 12.3. The van der Waals surface area contributed by atoms with E-state index in [-0.39, 0.29) is 17.3 Å². The molecule has 0 spiro atoms. The molecule has 2 aromatic carbocycles. The molecule has 0 atom stereocenters. The first-order valence-electron chi connectivity index (χ1n) is 10.9. The molecule has 0 aliphatic carbocycles. The molecule has 3 aromatic rings. The quantitative estimate of drug-likeness (QED) is 0.214. The molecule has 0 radical (unpaired) electrons. The third-order valence-electron chi connectivity index (χ3n) is 5.73. The molecule has 0 unspecified atom stereocenters. The highest BCUT2D eigenvalue weighted by atomic mass is 32.2. The van der Waals surface area contributed by atoms with Crippen LogP contribution in [0, 0.1) is 27.7 Å². The second-order valence-electron chi connectivity index (χ2n) is 8.20. The van der Waals surface area contributed by atoms with Crippen molar-refractivity contribution in [2.45, 2.75) is 58.3 Å². The normalized spacial score (nSPS) is 11.6. The minimum absolute atomic E-state index is 0.207. The fourth-order valence-electron chi connectivity index (χ4n) is 3.49. The SMILES string of the molecule is Cc1ccc(S(=O)(=O)NCCCCCC(=O)Oc2ccc3c(C)c(C)c(=O)oc3c2C)cc1. The van der Waals surface area contributed by atoms with Crippen molar-refractivity contribution in [3.63, 3.8) is 0 Å². The topological polar surface area (TPSA) is 103 Å².